The lowest BCUT2D eigenvalue weighted by molar-refractivity contribution is 0.0628. The highest BCUT2D eigenvalue weighted by Crippen LogP contribution is 2.34. The third kappa shape index (κ3) is 5.16. The van der Waals surface area contributed by atoms with E-state index in [0.29, 0.717) is 46.8 Å². The maximum absolute atomic E-state index is 12.9. The van der Waals surface area contributed by atoms with Crippen LogP contribution in [0, 0.1) is 22.1 Å². The SMILES string of the molecule is N#Cc1ccc(C(=O)N2CCN(Cc3ccc(C(=N)N4C(=N)c5ccccc5Nc5ncccc54)cc3)CC2)cc1. The molecule has 1 aromatic heterocycles. The number of piperazine rings is 1. The third-order valence-electron chi connectivity index (χ3n) is 7.46. The zero-order chi connectivity index (χ0) is 28.3. The minimum Gasteiger partial charge on any atom is -0.338 e. The number of aromatic nitrogens is 1. The summed E-state index contributed by atoms with van der Waals surface area (Å²) in [6.07, 6.45) is 1.70. The van der Waals surface area contributed by atoms with E-state index in [9.17, 15) is 4.79 Å². The van der Waals surface area contributed by atoms with Crippen molar-refractivity contribution in [3.05, 3.63) is 119 Å². The number of rotatable bonds is 4. The van der Waals surface area contributed by atoms with Gasteiger partial charge in [-0.25, -0.2) is 4.98 Å². The Bertz CT molecular complexity index is 1670. The van der Waals surface area contributed by atoms with Crippen molar-refractivity contribution in [3.8, 4) is 6.07 Å². The van der Waals surface area contributed by atoms with Gasteiger partial charge in [0.15, 0.2) is 5.82 Å². The van der Waals surface area contributed by atoms with Crippen LogP contribution in [0.5, 0.6) is 0 Å². The summed E-state index contributed by atoms with van der Waals surface area (Å²) in [5, 5.41) is 30.3. The van der Waals surface area contributed by atoms with E-state index in [1.54, 1.807) is 35.4 Å². The van der Waals surface area contributed by atoms with Crippen molar-refractivity contribution in [2.45, 2.75) is 6.54 Å². The highest BCUT2D eigenvalue weighted by atomic mass is 16.2. The lowest BCUT2D eigenvalue weighted by Crippen LogP contribution is -2.48. The molecule has 6 rings (SSSR count). The molecule has 3 N–H and O–H groups in total. The molecule has 2 aliphatic heterocycles. The zero-order valence-corrected chi connectivity index (χ0v) is 22.3. The summed E-state index contributed by atoms with van der Waals surface area (Å²) in [6.45, 7) is 3.56. The summed E-state index contributed by atoms with van der Waals surface area (Å²) in [5.74, 6) is 0.998. The number of anilines is 3. The van der Waals surface area contributed by atoms with Crippen LogP contribution in [0.3, 0.4) is 0 Å². The number of amides is 1. The molecular formula is C32H28N8O. The Balaban J connectivity index is 1.12. The highest BCUT2D eigenvalue weighted by molar-refractivity contribution is 6.30. The van der Waals surface area contributed by atoms with Crippen LogP contribution in [-0.4, -0.2) is 58.5 Å². The van der Waals surface area contributed by atoms with Gasteiger partial charge in [0.2, 0.25) is 0 Å². The molecule has 1 fully saturated rings. The van der Waals surface area contributed by atoms with E-state index in [0.717, 1.165) is 30.9 Å². The van der Waals surface area contributed by atoms with Crippen molar-refractivity contribution >= 4 is 34.8 Å². The van der Waals surface area contributed by atoms with Gasteiger partial charge in [-0.15, -0.1) is 0 Å². The topological polar surface area (TPSA) is 123 Å². The minimum atomic E-state index is -0.00863. The fourth-order valence-corrected chi connectivity index (χ4v) is 5.21. The first-order valence-electron chi connectivity index (χ1n) is 13.4. The number of benzene rings is 3. The van der Waals surface area contributed by atoms with Crippen LogP contribution >= 0.6 is 0 Å². The number of para-hydroxylation sites is 1. The van der Waals surface area contributed by atoms with Crippen molar-refractivity contribution in [1.82, 2.24) is 14.8 Å². The van der Waals surface area contributed by atoms with Crippen LogP contribution in [-0.2, 0) is 6.54 Å². The van der Waals surface area contributed by atoms with Gasteiger partial charge in [0, 0.05) is 55.6 Å². The lowest BCUT2D eigenvalue weighted by atomic mass is 10.1. The van der Waals surface area contributed by atoms with Crippen molar-refractivity contribution in [3.63, 3.8) is 0 Å². The molecule has 9 nitrogen and oxygen atoms in total. The summed E-state index contributed by atoms with van der Waals surface area (Å²) in [7, 11) is 0. The monoisotopic (exact) mass is 540 g/mol. The number of nitrogens with one attached hydrogen (secondary N) is 3. The van der Waals surface area contributed by atoms with Crippen molar-refractivity contribution in [2.75, 3.05) is 36.4 Å². The molecule has 0 unspecified atom stereocenters. The van der Waals surface area contributed by atoms with Crippen LogP contribution in [0.25, 0.3) is 0 Å². The van der Waals surface area contributed by atoms with Crippen LogP contribution in [0.2, 0.25) is 0 Å². The van der Waals surface area contributed by atoms with Gasteiger partial charge in [-0.3, -0.25) is 25.4 Å². The van der Waals surface area contributed by atoms with Crippen molar-refractivity contribution in [2.24, 2.45) is 0 Å². The quantitative estimate of drug-likeness (QED) is 0.252. The predicted octanol–water partition coefficient (Wildman–Crippen LogP) is 4.83. The summed E-state index contributed by atoms with van der Waals surface area (Å²) in [4.78, 5) is 23.1. The number of hydrogen-bond donors (Lipinski definition) is 3. The van der Waals surface area contributed by atoms with E-state index in [4.69, 9.17) is 16.1 Å². The molecule has 3 heterocycles. The van der Waals surface area contributed by atoms with Gasteiger partial charge in [0.1, 0.15) is 11.7 Å². The Morgan fingerprint density at radius 3 is 2.34 bits per heavy atom. The molecule has 0 bridgehead atoms. The first-order valence-corrected chi connectivity index (χ1v) is 13.4. The number of nitrogens with zero attached hydrogens (tertiary/aromatic N) is 5. The molecule has 0 radical (unpaired) electrons. The molecule has 1 amide bonds. The van der Waals surface area contributed by atoms with Gasteiger partial charge in [0.05, 0.1) is 23.0 Å². The number of hydrogen-bond acceptors (Lipinski definition) is 7. The normalized spacial score (nSPS) is 14.8. The molecule has 3 aromatic carbocycles. The van der Waals surface area contributed by atoms with E-state index in [1.165, 1.54) is 0 Å². The molecule has 0 aliphatic carbocycles. The van der Waals surface area contributed by atoms with Crippen LogP contribution < -0.4 is 10.2 Å². The highest BCUT2D eigenvalue weighted by Gasteiger charge is 2.28. The maximum Gasteiger partial charge on any atom is 0.253 e. The van der Waals surface area contributed by atoms with Gasteiger partial charge < -0.3 is 10.2 Å². The fraction of sp³-hybridized carbons (Fsp3) is 0.156. The van der Waals surface area contributed by atoms with E-state index >= 15 is 0 Å². The third-order valence-corrected chi connectivity index (χ3v) is 7.46. The van der Waals surface area contributed by atoms with Gasteiger partial charge in [-0.2, -0.15) is 5.26 Å². The Morgan fingerprint density at radius 2 is 1.61 bits per heavy atom. The minimum absolute atomic E-state index is 0.00863. The standard InChI is InChI=1S/C32H28N8O/c33-20-22-7-13-25(14-8-22)32(41)39-18-16-38(17-19-39)21-23-9-11-24(12-10-23)29(34)40-28-6-3-15-36-31(28)37-27-5-2-1-4-26(27)30(40)35/h1-15,34-35H,16-19,21H2,(H,36,37). The van der Waals surface area contributed by atoms with E-state index in [-0.39, 0.29) is 17.6 Å². The zero-order valence-electron chi connectivity index (χ0n) is 22.3. The van der Waals surface area contributed by atoms with E-state index in [1.807, 2.05) is 65.6 Å². The Hall–Kier alpha value is -5.33. The number of amidine groups is 2. The largest absolute Gasteiger partial charge is 0.338 e. The molecular weight excluding hydrogens is 512 g/mol. The molecule has 202 valence electrons. The average molecular weight is 541 g/mol. The summed E-state index contributed by atoms with van der Waals surface area (Å²) in [5.41, 5.74) is 5.09. The second-order valence-corrected chi connectivity index (χ2v) is 10.0. The molecule has 1 saturated heterocycles. The first kappa shape index (κ1) is 25.9. The van der Waals surface area contributed by atoms with E-state index in [2.05, 4.69) is 21.3 Å². The molecule has 0 saturated carbocycles. The molecule has 9 heteroatoms. The molecule has 0 atom stereocenters. The summed E-state index contributed by atoms with van der Waals surface area (Å²) >= 11 is 0. The Morgan fingerprint density at radius 1 is 0.902 bits per heavy atom. The average Bonchev–Trinajstić information content (AvgIpc) is 3.15. The fourth-order valence-electron chi connectivity index (χ4n) is 5.21. The number of pyridine rings is 1. The number of nitriles is 1. The molecule has 0 spiro atoms. The summed E-state index contributed by atoms with van der Waals surface area (Å²) < 4.78 is 0. The Kier molecular flexibility index (Phi) is 6.98. The number of carbonyl (C=O) groups is 1. The van der Waals surface area contributed by atoms with Gasteiger partial charge in [-0.1, -0.05) is 36.4 Å². The predicted molar refractivity (Wildman–Crippen MR) is 159 cm³/mol. The Labute approximate surface area is 238 Å². The molecule has 41 heavy (non-hydrogen) atoms. The van der Waals surface area contributed by atoms with Crippen LogP contribution in [0.15, 0.2) is 91.1 Å². The van der Waals surface area contributed by atoms with Crippen LogP contribution in [0.1, 0.15) is 32.6 Å². The van der Waals surface area contributed by atoms with E-state index < -0.39 is 0 Å². The molecule has 2 aliphatic rings. The second-order valence-electron chi connectivity index (χ2n) is 10.0. The van der Waals surface area contributed by atoms with Crippen molar-refractivity contribution in [1.29, 1.82) is 16.1 Å². The van der Waals surface area contributed by atoms with Crippen molar-refractivity contribution < 1.29 is 4.79 Å². The maximum atomic E-state index is 12.9. The van der Waals surface area contributed by atoms with Gasteiger partial charge in [0.25, 0.3) is 5.91 Å². The number of carbonyl (C=O) groups excluding carboxylic acids is 1. The lowest BCUT2D eigenvalue weighted by Gasteiger charge is -2.34. The van der Waals surface area contributed by atoms with Crippen LogP contribution in [0.4, 0.5) is 17.2 Å². The second kappa shape index (κ2) is 11.0. The summed E-state index contributed by atoms with van der Waals surface area (Å²) in [6, 6.07) is 28.0. The smallest absolute Gasteiger partial charge is 0.253 e. The first-order chi connectivity index (χ1) is 20.0. The van der Waals surface area contributed by atoms with Gasteiger partial charge >= 0.3 is 0 Å². The number of fused-ring (bicyclic) bond motifs is 2. The molecule has 4 aromatic rings. The van der Waals surface area contributed by atoms with Gasteiger partial charge in [-0.05, 0) is 54.1 Å².